The van der Waals surface area contributed by atoms with Gasteiger partial charge in [0.05, 0.1) is 11.8 Å². The molecule has 18 heavy (non-hydrogen) atoms. The van der Waals surface area contributed by atoms with E-state index in [1.165, 1.54) is 24.3 Å². The standard InChI is InChI=1S/C11H7F3N2O2/c12-11(13,14)16-6-9(5-15-16)7-2-1-3-8(4-7)10(17)18/h1-6H,(H,17,18). The van der Waals surface area contributed by atoms with E-state index in [9.17, 15) is 18.0 Å². The van der Waals surface area contributed by atoms with Gasteiger partial charge in [0.2, 0.25) is 0 Å². The second-order valence-electron chi connectivity index (χ2n) is 3.53. The summed E-state index contributed by atoms with van der Waals surface area (Å²) in [5, 5.41) is 12.0. The molecule has 1 heterocycles. The van der Waals surface area contributed by atoms with Gasteiger partial charge in [-0.3, -0.25) is 0 Å². The molecule has 1 aromatic heterocycles. The van der Waals surface area contributed by atoms with Gasteiger partial charge in [-0.15, -0.1) is 13.2 Å². The van der Waals surface area contributed by atoms with E-state index < -0.39 is 12.3 Å². The van der Waals surface area contributed by atoms with E-state index in [0.29, 0.717) is 5.56 Å². The Hall–Kier alpha value is -2.31. The Morgan fingerprint density at radius 1 is 1.28 bits per heavy atom. The number of alkyl halides is 3. The molecule has 0 spiro atoms. The maximum absolute atomic E-state index is 12.3. The van der Waals surface area contributed by atoms with Crippen LogP contribution in [-0.4, -0.2) is 20.9 Å². The summed E-state index contributed by atoms with van der Waals surface area (Å²) in [6.07, 6.45) is -2.74. The molecule has 0 aliphatic heterocycles. The minimum absolute atomic E-state index is 0.00672. The average Bonchev–Trinajstić information content (AvgIpc) is 2.78. The number of hydrogen-bond acceptors (Lipinski definition) is 2. The molecule has 2 rings (SSSR count). The number of aromatic carboxylic acids is 1. The topological polar surface area (TPSA) is 55.1 Å². The third-order valence-electron chi connectivity index (χ3n) is 2.29. The second-order valence-corrected chi connectivity index (χ2v) is 3.53. The maximum atomic E-state index is 12.3. The lowest BCUT2D eigenvalue weighted by Gasteiger charge is -2.04. The Balaban J connectivity index is 2.40. The molecule has 2 aromatic rings. The number of rotatable bonds is 2. The highest BCUT2D eigenvalue weighted by atomic mass is 19.4. The van der Waals surface area contributed by atoms with Gasteiger partial charge in [-0.25, -0.2) is 4.79 Å². The molecule has 0 unspecified atom stereocenters. The van der Waals surface area contributed by atoms with Crippen molar-refractivity contribution in [3.63, 3.8) is 0 Å². The van der Waals surface area contributed by atoms with E-state index in [1.807, 2.05) is 0 Å². The first-order valence-corrected chi connectivity index (χ1v) is 4.83. The zero-order valence-electron chi connectivity index (χ0n) is 8.85. The van der Waals surface area contributed by atoms with Gasteiger partial charge < -0.3 is 5.11 Å². The van der Waals surface area contributed by atoms with E-state index >= 15 is 0 Å². The lowest BCUT2D eigenvalue weighted by molar-refractivity contribution is -0.212. The number of carboxylic acids is 1. The molecule has 0 saturated carbocycles. The minimum atomic E-state index is -4.58. The van der Waals surface area contributed by atoms with Gasteiger partial charge in [-0.1, -0.05) is 12.1 Å². The van der Waals surface area contributed by atoms with E-state index in [4.69, 9.17) is 5.11 Å². The Morgan fingerprint density at radius 2 is 2.00 bits per heavy atom. The van der Waals surface area contributed by atoms with Crippen LogP contribution in [0.5, 0.6) is 0 Å². The zero-order chi connectivity index (χ0) is 13.3. The molecule has 0 atom stereocenters. The number of nitrogens with zero attached hydrogens (tertiary/aromatic N) is 2. The van der Waals surface area contributed by atoms with Crippen LogP contribution in [0.15, 0.2) is 36.7 Å². The van der Waals surface area contributed by atoms with E-state index in [0.717, 1.165) is 12.4 Å². The van der Waals surface area contributed by atoms with Crippen molar-refractivity contribution in [2.45, 2.75) is 6.30 Å². The molecule has 7 heteroatoms. The minimum Gasteiger partial charge on any atom is -0.478 e. The summed E-state index contributed by atoms with van der Waals surface area (Å²) in [6.45, 7) is 0. The normalized spacial score (nSPS) is 11.5. The third-order valence-corrected chi connectivity index (χ3v) is 2.29. The molecular formula is C11H7F3N2O2. The van der Waals surface area contributed by atoms with Crippen LogP contribution in [-0.2, 0) is 6.30 Å². The van der Waals surface area contributed by atoms with Crippen molar-refractivity contribution in [3.8, 4) is 11.1 Å². The first kappa shape index (κ1) is 12.2. The van der Waals surface area contributed by atoms with Crippen LogP contribution in [0.2, 0.25) is 0 Å². The largest absolute Gasteiger partial charge is 0.504 e. The van der Waals surface area contributed by atoms with Gasteiger partial charge in [0.25, 0.3) is 0 Å². The Bertz CT molecular complexity index is 590. The highest BCUT2D eigenvalue weighted by Crippen LogP contribution is 2.25. The fourth-order valence-corrected chi connectivity index (χ4v) is 1.44. The summed E-state index contributed by atoms with van der Waals surface area (Å²) >= 11 is 0. The van der Waals surface area contributed by atoms with E-state index in [-0.39, 0.29) is 15.8 Å². The molecule has 94 valence electrons. The summed E-state index contributed by atoms with van der Waals surface area (Å²) in [7, 11) is 0. The monoisotopic (exact) mass is 256 g/mol. The number of hydrogen-bond donors (Lipinski definition) is 1. The van der Waals surface area contributed by atoms with Crippen molar-refractivity contribution in [1.82, 2.24) is 9.78 Å². The number of carbonyl (C=O) groups is 1. The van der Waals surface area contributed by atoms with Gasteiger partial charge in [0.1, 0.15) is 0 Å². The molecule has 0 aliphatic rings. The van der Waals surface area contributed by atoms with Crippen LogP contribution in [0.25, 0.3) is 11.1 Å². The predicted octanol–water partition coefficient (Wildman–Crippen LogP) is 2.72. The third kappa shape index (κ3) is 2.34. The first-order chi connectivity index (χ1) is 8.38. The van der Waals surface area contributed by atoms with Crippen LogP contribution >= 0.6 is 0 Å². The van der Waals surface area contributed by atoms with Gasteiger partial charge in [-0.05, 0) is 17.7 Å². The fraction of sp³-hybridized carbons (Fsp3) is 0.0909. The molecule has 4 nitrogen and oxygen atoms in total. The summed E-state index contributed by atoms with van der Waals surface area (Å²) < 4.78 is 36.9. The molecule has 0 fully saturated rings. The zero-order valence-corrected chi connectivity index (χ0v) is 8.85. The molecule has 0 bridgehead atoms. The highest BCUT2D eigenvalue weighted by Gasteiger charge is 2.31. The maximum Gasteiger partial charge on any atom is 0.504 e. The molecular weight excluding hydrogens is 249 g/mol. The quantitative estimate of drug-likeness (QED) is 0.898. The molecule has 1 N–H and O–H groups in total. The van der Waals surface area contributed by atoms with Crippen LogP contribution in [0, 0.1) is 0 Å². The second kappa shape index (κ2) is 4.17. The smallest absolute Gasteiger partial charge is 0.478 e. The highest BCUT2D eigenvalue weighted by molar-refractivity contribution is 5.89. The van der Waals surface area contributed by atoms with Crippen molar-refractivity contribution in [2.24, 2.45) is 0 Å². The number of aromatic nitrogens is 2. The number of halogens is 3. The van der Waals surface area contributed by atoms with Crippen molar-refractivity contribution in [2.75, 3.05) is 0 Å². The summed E-state index contributed by atoms with van der Waals surface area (Å²) in [5.74, 6) is -1.14. The predicted molar refractivity (Wildman–Crippen MR) is 55.9 cm³/mol. The van der Waals surface area contributed by atoms with E-state index in [2.05, 4.69) is 5.10 Å². The van der Waals surface area contributed by atoms with Gasteiger partial charge in [0.15, 0.2) is 0 Å². The van der Waals surface area contributed by atoms with Crippen molar-refractivity contribution in [1.29, 1.82) is 0 Å². The average molecular weight is 256 g/mol. The molecule has 0 amide bonds. The van der Waals surface area contributed by atoms with Gasteiger partial charge in [-0.2, -0.15) is 9.78 Å². The SMILES string of the molecule is O=C(O)c1cccc(-c2cnn(C(F)(F)F)c2)c1. The van der Waals surface area contributed by atoms with Crippen LogP contribution < -0.4 is 0 Å². The van der Waals surface area contributed by atoms with E-state index in [1.54, 1.807) is 0 Å². The Kier molecular flexibility index (Phi) is 2.82. The lowest BCUT2D eigenvalue weighted by Crippen LogP contribution is -2.16. The van der Waals surface area contributed by atoms with Crippen molar-refractivity contribution < 1.29 is 23.1 Å². The summed E-state index contributed by atoms with van der Waals surface area (Å²) in [4.78, 5) is 10.7. The van der Waals surface area contributed by atoms with Gasteiger partial charge >= 0.3 is 12.3 Å². The van der Waals surface area contributed by atoms with Crippen molar-refractivity contribution >= 4 is 5.97 Å². The van der Waals surface area contributed by atoms with Crippen molar-refractivity contribution in [3.05, 3.63) is 42.2 Å². The number of benzene rings is 1. The van der Waals surface area contributed by atoms with Crippen LogP contribution in [0.4, 0.5) is 13.2 Å². The van der Waals surface area contributed by atoms with Crippen LogP contribution in [0.3, 0.4) is 0 Å². The molecule has 0 aliphatic carbocycles. The Morgan fingerprint density at radius 3 is 2.56 bits per heavy atom. The first-order valence-electron chi connectivity index (χ1n) is 4.83. The molecule has 0 radical (unpaired) electrons. The fourth-order valence-electron chi connectivity index (χ4n) is 1.44. The van der Waals surface area contributed by atoms with Crippen LogP contribution in [0.1, 0.15) is 10.4 Å². The van der Waals surface area contributed by atoms with Gasteiger partial charge in [0, 0.05) is 11.8 Å². The lowest BCUT2D eigenvalue weighted by atomic mass is 10.1. The molecule has 0 saturated heterocycles. The summed E-state index contributed by atoms with van der Waals surface area (Å²) in [6, 6.07) is 5.63. The number of carboxylic acid groups (broad SMARTS) is 1. The summed E-state index contributed by atoms with van der Waals surface area (Å²) in [5.41, 5.74) is 0.577. The Labute approximate surface area is 99.3 Å². The molecule has 1 aromatic carbocycles.